The normalized spacial score (nSPS) is 29.4. The SMILES string of the molecule is COc1ccc(C)cc1NC(=O)[C@H]1[C@@H](C(=O)O)[C@H]2CC[C@@H]1O2. The fourth-order valence-electron chi connectivity index (χ4n) is 3.46. The first kappa shape index (κ1) is 14.8. The van der Waals surface area contributed by atoms with Gasteiger partial charge in [0.2, 0.25) is 5.91 Å². The molecule has 0 spiro atoms. The number of amides is 1. The van der Waals surface area contributed by atoms with Crippen molar-refractivity contribution in [3.63, 3.8) is 0 Å². The van der Waals surface area contributed by atoms with Crippen molar-refractivity contribution in [3.8, 4) is 5.75 Å². The lowest BCUT2D eigenvalue weighted by molar-refractivity contribution is -0.147. The van der Waals surface area contributed by atoms with Crippen molar-refractivity contribution in [3.05, 3.63) is 23.8 Å². The van der Waals surface area contributed by atoms with Crippen molar-refractivity contribution >= 4 is 17.6 Å². The van der Waals surface area contributed by atoms with E-state index in [4.69, 9.17) is 9.47 Å². The predicted octanol–water partition coefficient (Wildman–Crippen LogP) is 1.82. The summed E-state index contributed by atoms with van der Waals surface area (Å²) in [7, 11) is 1.53. The van der Waals surface area contributed by atoms with Crippen LogP contribution >= 0.6 is 0 Å². The molecule has 4 atom stereocenters. The topological polar surface area (TPSA) is 84.9 Å². The van der Waals surface area contributed by atoms with Gasteiger partial charge in [-0.05, 0) is 37.5 Å². The second-order valence-corrected chi connectivity index (χ2v) is 5.87. The third kappa shape index (κ3) is 2.43. The van der Waals surface area contributed by atoms with E-state index in [-0.39, 0.29) is 18.1 Å². The molecular formula is C16H19NO5. The number of methoxy groups -OCH3 is 1. The van der Waals surface area contributed by atoms with Crippen LogP contribution in [0.5, 0.6) is 5.75 Å². The number of carbonyl (C=O) groups excluding carboxylic acids is 1. The maximum Gasteiger partial charge on any atom is 0.310 e. The summed E-state index contributed by atoms with van der Waals surface area (Å²) in [6.07, 6.45) is 0.788. The van der Waals surface area contributed by atoms with Gasteiger partial charge < -0.3 is 19.9 Å². The van der Waals surface area contributed by atoms with Crippen LogP contribution in [0.15, 0.2) is 18.2 Å². The van der Waals surface area contributed by atoms with Gasteiger partial charge in [-0.1, -0.05) is 6.07 Å². The van der Waals surface area contributed by atoms with Crippen LogP contribution < -0.4 is 10.1 Å². The minimum Gasteiger partial charge on any atom is -0.495 e. The van der Waals surface area contributed by atoms with Gasteiger partial charge in [-0.3, -0.25) is 9.59 Å². The summed E-state index contributed by atoms with van der Waals surface area (Å²) < 4.78 is 10.9. The average Bonchev–Trinajstić information content (AvgIpc) is 3.08. The van der Waals surface area contributed by atoms with E-state index < -0.39 is 17.8 Å². The Bertz CT molecular complexity index is 615. The van der Waals surface area contributed by atoms with Crippen molar-refractivity contribution in [2.45, 2.75) is 32.0 Å². The van der Waals surface area contributed by atoms with E-state index in [0.717, 1.165) is 12.0 Å². The second-order valence-electron chi connectivity index (χ2n) is 5.87. The summed E-state index contributed by atoms with van der Waals surface area (Å²) in [4.78, 5) is 24.0. The molecule has 1 aromatic carbocycles. The number of fused-ring (bicyclic) bond motifs is 2. The van der Waals surface area contributed by atoms with E-state index in [1.165, 1.54) is 7.11 Å². The van der Waals surface area contributed by atoms with Crippen LogP contribution in [0.4, 0.5) is 5.69 Å². The van der Waals surface area contributed by atoms with Gasteiger partial charge in [-0.25, -0.2) is 0 Å². The number of nitrogens with one attached hydrogen (secondary N) is 1. The molecule has 2 aliphatic heterocycles. The highest BCUT2D eigenvalue weighted by Crippen LogP contribution is 2.44. The van der Waals surface area contributed by atoms with Crippen molar-refractivity contribution in [1.29, 1.82) is 0 Å². The molecule has 2 bridgehead atoms. The molecule has 0 saturated carbocycles. The fourth-order valence-corrected chi connectivity index (χ4v) is 3.46. The minimum absolute atomic E-state index is 0.304. The first-order valence-corrected chi connectivity index (χ1v) is 7.35. The van der Waals surface area contributed by atoms with Gasteiger partial charge in [-0.2, -0.15) is 0 Å². The highest BCUT2D eigenvalue weighted by molar-refractivity contribution is 5.97. The third-order valence-electron chi connectivity index (χ3n) is 4.47. The number of hydrogen-bond donors (Lipinski definition) is 2. The number of carboxylic acid groups (broad SMARTS) is 1. The molecule has 2 fully saturated rings. The molecule has 0 radical (unpaired) electrons. The Kier molecular flexibility index (Phi) is 3.78. The van der Waals surface area contributed by atoms with Gasteiger partial charge in [0.1, 0.15) is 5.75 Å². The molecule has 2 N–H and O–H groups in total. The Morgan fingerprint density at radius 3 is 2.59 bits per heavy atom. The molecule has 2 heterocycles. The lowest BCUT2D eigenvalue weighted by Crippen LogP contribution is -2.41. The molecule has 1 aromatic rings. The van der Waals surface area contributed by atoms with Gasteiger partial charge in [0.15, 0.2) is 0 Å². The van der Waals surface area contributed by atoms with E-state index in [0.29, 0.717) is 17.9 Å². The van der Waals surface area contributed by atoms with E-state index in [9.17, 15) is 14.7 Å². The van der Waals surface area contributed by atoms with Crippen molar-refractivity contribution in [1.82, 2.24) is 0 Å². The lowest BCUT2D eigenvalue weighted by Gasteiger charge is -2.24. The zero-order valence-corrected chi connectivity index (χ0v) is 12.5. The molecule has 0 aliphatic carbocycles. The molecule has 6 nitrogen and oxygen atoms in total. The van der Waals surface area contributed by atoms with E-state index >= 15 is 0 Å². The fraction of sp³-hybridized carbons (Fsp3) is 0.500. The minimum atomic E-state index is -0.969. The predicted molar refractivity (Wildman–Crippen MR) is 78.9 cm³/mol. The van der Waals surface area contributed by atoms with Gasteiger partial charge in [-0.15, -0.1) is 0 Å². The number of aryl methyl sites for hydroxylation is 1. The number of rotatable bonds is 4. The number of ether oxygens (including phenoxy) is 2. The molecule has 0 aromatic heterocycles. The zero-order chi connectivity index (χ0) is 15.9. The molecule has 6 heteroatoms. The number of benzene rings is 1. The van der Waals surface area contributed by atoms with Crippen LogP contribution in [-0.2, 0) is 14.3 Å². The van der Waals surface area contributed by atoms with Gasteiger partial charge in [0.05, 0.1) is 36.8 Å². The summed E-state index contributed by atoms with van der Waals surface area (Å²) in [5.74, 6) is -2.15. The van der Waals surface area contributed by atoms with Gasteiger partial charge in [0, 0.05) is 0 Å². The van der Waals surface area contributed by atoms with Crippen LogP contribution in [0.1, 0.15) is 18.4 Å². The zero-order valence-electron chi connectivity index (χ0n) is 12.5. The largest absolute Gasteiger partial charge is 0.495 e. The van der Waals surface area contributed by atoms with Crippen LogP contribution in [0.3, 0.4) is 0 Å². The van der Waals surface area contributed by atoms with E-state index in [2.05, 4.69) is 5.32 Å². The first-order chi connectivity index (χ1) is 10.5. The Morgan fingerprint density at radius 2 is 1.95 bits per heavy atom. The van der Waals surface area contributed by atoms with Crippen molar-refractivity contribution < 1.29 is 24.2 Å². The van der Waals surface area contributed by atoms with Crippen LogP contribution in [0.2, 0.25) is 0 Å². The summed E-state index contributed by atoms with van der Waals surface area (Å²) >= 11 is 0. The summed E-state index contributed by atoms with van der Waals surface area (Å²) in [6.45, 7) is 1.91. The van der Waals surface area contributed by atoms with Crippen LogP contribution in [0.25, 0.3) is 0 Å². The van der Waals surface area contributed by atoms with Crippen molar-refractivity contribution in [2.75, 3.05) is 12.4 Å². The first-order valence-electron chi connectivity index (χ1n) is 7.35. The molecule has 1 amide bonds. The summed E-state index contributed by atoms with van der Waals surface area (Å²) in [5.41, 5.74) is 1.54. The van der Waals surface area contributed by atoms with Gasteiger partial charge in [0.25, 0.3) is 0 Å². The number of anilines is 1. The van der Waals surface area contributed by atoms with Gasteiger partial charge >= 0.3 is 5.97 Å². The third-order valence-corrected chi connectivity index (χ3v) is 4.47. The number of hydrogen-bond acceptors (Lipinski definition) is 4. The smallest absolute Gasteiger partial charge is 0.310 e. The maximum absolute atomic E-state index is 12.6. The molecule has 2 aliphatic rings. The second kappa shape index (κ2) is 5.61. The summed E-state index contributed by atoms with van der Waals surface area (Å²) in [5, 5.41) is 12.2. The quantitative estimate of drug-likeness (QED) is 0.886. The van der Waals surface area contributed by atoms with E-state index in [1.54, 1.807) is 12.1 Å². The lowest BCUT2D eigenvalue weighted by atomic mass is 9.78. The monoisotopic (exact) mass is 305 g/mol. The van der Waals surface area contributed by atoms with Crippen molar-refractivity contribution in [2.24, 2.45) is 11.8 Å². The molecule has 2 saturated heterocycles. The number of carboxylic acids is 1. The summed E-state index contributed by atoms with van der Waals surface area (Å²) in [6, 6.07) is 5.46. The van der Waals surface area contributed by atoms with E-state index in [1.807, 2.05) is 13.0 Å². The highest BCUT2D eigenvalue weighted by atomic mass is 16.5. The highest BCUT2D eigenvalue weighted by Gasteiger charge is 2.55. The molecule has 22 heavy (non-hydrogen) atoms. The standard InChI is InChI=1S/C16H19NO5/c1-8-3-4-10(21-2)9(7-8)17-15(18)13-11-5-6-12(22-11)14(13)16(19)20/h3-4,7,11-14H,5-6H2,1-2H3,(H,17,18)(H,19,20)/t11-,12+,13+,14-/m0/s1. The van der Waals surface area contributed by atoms with Crippen LogP contribution in [-0.4, -0.2) is 36.3 Å². The molecule has 118 valence electrons. The molecule has 3 rings (SSSR count). The average molecular weight is 305 g/mol. The number of aliphatic carboxylic acids is 1. The molecule has 0 unspecified atom stereocenters. The Morgan fingerprint density at radius 1 is 1.27 bits per heavy atom. The van der Waals surface area contributed by atoms with Crippen LogP contribution in [0, 0.1) is 18.8 Å². The molecular weight excluding hydrogens is 286 g/mol. The Hall–Kier alpha value is -2.08. The Balaban J connectivity index is 1.82. The maximum atomic E-state index is 12.6. The Labute approximate surface area is 128 Å². The number of carbonyl (C=O) groups is 2.